The standard InChI is InChI=1S/C19H21N3O2/c20-18-11-17(18)13-4-6-15(7-5-13)21-19(23)14-2-1-3-16(10-14)22-8-9-24-12-22/h1-7,10,17-18H,8-9,11-12,20H2,(H,21,23)/t17-,18+/m0/s1. The van der Waals surface area contributed by atoms with E-state index >= 15 is 0 Å². The van der Waals surface area contributed by atoms with Gasteiger partial charge in [0.15, 0.2) is 0 Å². The molecule has 0 spiro atoms. The zero-order chi connectivity index (χ0) is 16.5. The minimum absolute atomic E-state index is 0.104. The molecule has 5 nitrogen and oxygen atoms in total. The Morgan fingerprint density at radius 3 is 2.67 bits per heavy atom. The molecule has 3 N–H and O–H groups in total. The fourth-order valence-corrected chi connectivity index (χ4v) is 3.08. The Hall–Kier alpha value is -2.37. The number of benzene rings is 2. The maximum Gasteiger partial charge on any atom is 0.255 e. The van der Waals surface area contributed by atoms with Crippen LogP contribution in [0.15, 0.2) is 48.5 Å². The van der Waals surface area contributed by atoms with Crippen LogP contribution in [0.4, 0.5) is 11.4 Å². The lowest BCUT2D eigenvalue weighted by Crippen LogP contribution is -2.19. The third-order valence-electron chi connectivity index (χ3n) is 4.66. The van der Waals surface area contributed by atoms with Gasteiger partial charge in [-0.2, -0.15) is 0 Å². The van der Waals surface area contributed by atoms with Crippen molar-refractivity contribution in [2.24, 2.45) is 5.73 Å². The number of ether oxygens (including phenoxy) is 1. The van der Waals surface area contributed by atoms with Crippen LogP contribution in [-0.2, 0) is 4.74 Å². The molecule has 124 valence electrons. The number of nitrogens with one attached hydrogen (secondary N) is 1. The summed E-state index contributed by atoms with van der Waals surface area (Å²) < 4.78 is 5.37. The van der Waals surface area contributed by atoms with Crippen molar-refractivity contribution in [2.45, 2.75) is 18.4 Å². The average Bonchev–Trinajstić information content (AvgIpc) is 3.11. The van der Waals surface area contributed by atoms with E-state index in [0.29, 0.717) is 24.3 Å². The van der Waals surface area contributed by atoms with Crippen LogP contribution in [0.25, 0.3) is 0 Å². The van der Waals surface area contributed by atoms with Gasteiger partial charge in [-0.3, -0.25) is 4.79 Å². The van der Waals surface area contributed by atoms with Gasteiger partial charge in [0.25, 0.3) is 5.91 Å². The van der Waals surface area contributed by atoms with Gasteiger partial charge in [-0.05, 0) is 42.3 Å². The number of rotatable bonds is 4. The van der Waals surface area contributed by atoms with E-state index in [0.717, 1.165) is 30.9 Å². The number of nitrogens with two attached hydrogens (primary N) is 1. The normalized spacial score (nSPS) is 22.5. The van der Waals surface area contributed by atoms with Crippen molar-refractivity contribution < 1.29 is 9.53 Å². The fraction of sp³-hybridized carbons (Fsp3) is 0.316. The Kier molecular flexibility index (Phi) is 3.96. The number of hydrogen-bond acceptors (Lipinski definition) is 4. The highest BCUT2D eigenvalue weighted by molar-refractivity contribution is 6.04. The molecule has 2 atom stereocenters. The molecular formula is C19H21N3O2. The Morgan fingerprint density at radius 2 is 2.00 bits per heavy atom. The molecular weight excluding hydrogens is 302 g/mol. The molecule has 2 aliphatic rings. The minimum atomic E-state index is -0.104. The van der Waals surface area contributed by atoms with Gasteiger partial charge < -0.3 is 20.7 Å². The predicted molar refractivity (Wildman–Crippen MR) is 94.3 cm³/mol. The summed E-state index contributed by atoms with van der Waals surface area (Å²) in [4.78, 5) is 14.6. The van der Waals surface area contributed by atoms with Crippen LogP contribution >= 0.6 is 0 Å². The fourth-order valence-electron chi connectivity index (χ4n) is 3.08. The first-order valence-electron chi connectivity index (χ1n) is 8.30. The van der Waals surface area contributed by atoms with Crippen LogP contribution in [0.1, 0.15) is 28.3 Å². The quantitative estimate of drug-likeness (QED) is 0.907. The number of carbonyl (C=O) groups is 1. The van der Waals surface area contributed by atoms with Gasteiger partial charge in [0.05, 0.1) is 6.61 Å². The summed E-state index contributed by atoms with van der Waals surface area (Å²) in [5.41, 5.74) is 9.58. The Labute approximate surface area is 141 Å². The van der Waals surface area contributed by atoms with Crippen molar-refractivity contribution in [2.75, 3.05) is 30.1 Å². The topological polar surface area (TPSA) is 67.6 Å². The van der Waals surface area contributed by atoms with Crippen molar-refractivity contribution in [3.8, 4) is 0 Å². The molecule has 0 bridgehead atoms. The lowest BCUT2D eigenvalue weighted by atomic mass is 10.1. The summed E-state index contributed by atoms with van der Waals surface area (Å²) in [6.07, 6.45) is 1.05. The molecule has 24 heavy (non-hydrogen) atoms. The molecule has 0 aromatic heterocycles. The van der Waals surface area contributed by atoms with Crippen LogP contribution in [0.5, 0.6) is 0 Å². The van der Waals surface area contributed by atoms with E-state index < -0.39 is 0 Å². The summed E-state index contributed by atoms with van der Waals surface area (Å²) >= 11 is 0. The van der Waals surface area contributed by atoms with E-state index in [-0.39, 0.29) is 5.91 Å². The Morgan fingerprint density at radius 1 is 1.21 bits per heavy atom. The van der Waals surface area contributed by atoms with Crippen LogP contribution in [0.3, 0.4) is 0 Å². The molecule has 2 fully saturated rings. The smallest absolute Gasteiger partial charge is 0.255 e. The second-order valence-corrected chi connectivity index (χ2v) is 6.43. The van der Waals surface area contributed by atoms with Gasteiger partial charge in [-0.15, -0.1) is 0 Å². The first kappa shape index (κ1) is 15.2. The van der Waals surface area contributed by atoms with Crippen molar-refractivity contribution in [1.29, 1.82) is 0 Å². The van der Waals surface area contributed by atoms with E-state index in [4.69, 9.17) is 10.5 Å². The molecule has 1 heterocycles. The number of carbonyl (C=O) groups excluding carboxylic acids is 1. The van der Waals surface area contributed by atoms with Gasteiger partial charge in [-0.25, -0.2) is 0 Å². The van der Waals surface area contributed by atoms with E-state index in [1.807, 2.05) is 48.5 Å². The highest BCUT2D eigenvalue weighted by Gasteiger charge is 2.34. The largest absolute Gasteiger partial charge is 0.359 e. The zero-order valence-electron chi connectivity index (χ0n) is 13.4. The number of amides is 1. The van der Waals surface area contributed by atoms with Crippen molar-refractivity contribution in [3.05, 3.63) is 59.7 Å². The van der Waals surface area contributed by atoms with Crippen molar-refractivity contribution in [3.63, 3.8) is 0 Å². The summed E-state index contributed by atoms with van der Waals surface area (Å²) in [5, 5.41) is 2.95. The minimum Gasteiger partial charge on any atom is -0.359 e. The van der Waals surface area contributed by atoms with Crippen LogP contribution in [0.2, 0.25) is 0 Å². The summed E-state index contributed by atoms with van der Waals surface area (Å²) in [6, 6.07) is 15.9. The van der Waals surface area contributed by atoms with Gasteiger partial charge >= 0.3 is 0 Å². The number of nitrogens with zero attached hydrogens (tertiary/aromatic N) is 1. The Balaban J connectivity index is 1.44. The van der Waals surface area contributed by atoms with E-state index in [1.165, 1.54) is 5.56 Å². The molecule has 1 aliphatic carbocycles. The van der Waals surface area contributed by atoms with Crippen molar-refractivity contribution in [1.82, 2.24) is 0 Å². The van der Waals surface area contributed by atoms with Gasteiger partial charge in [0.2, 0.25) is 0 Å². The predicted octanol–water partition coefficient (Wildman–Crippen LogP) is 2.55. The second kappa shape index (κ2) is 6.26. The molecule has 4 rings (SSSR count). The molecule has 2 aromatic rings. The third-order valence-corrected chi connectivity index (χ3v) is 4.66. The maximum absolute atomic E-state index is 12.5. The molecule has 1 saturated heterocycles. The second-order valence-electron chi connectivity index (χ2n) is 6.43. The van der Waals surface area contributed by atoms with Crippen LogP contribution in [0, 0.1) is 0 Å². The highest BCUT2D eigenvalue weighted by Crippen LogP contribution is 2.39. The average molecular weight is 323 g/mol. The first-order chi connectivity index (χ1) is 11.7. The zero-order valence-corrected chi connectivity index (χ0v) is 13.4. The lowest BCUT2D eigenvalue weighted by Gasteiger charge is -2.16. The monoisotopic (exact) mass is 323 g/mol. The van der Waals surface area contributed by atoms with Crippen molar-refractivity contribution >= 4 is 17.3 Å². The van der Waals surface area contributed by atoms with E-state index in [2.05, 4.69) is 10.2 Å². The summed E-state index contributed by atoms with van der Waals surface area (Å²) in [5.74, 6) is 0.377. The summed E-state index contributed by atoms with van der Waals surface area (Å²) in [6.45, 7) is 2.17. The van der Waals surface area contributed by atoms with Gasteiger partial charge in [-0.1, -0.05) is 18.2 Å². The van der Waals surface area contributed by atoms with Crippen LogP contribution < -0.4 is 16.0 Å². The molecule has 0 unspecified atom stereocenters. The maximum atomic E-state index is 12.5. The lowest BCUT2D eigenvalue weighted by molar-refractivity contribution is 0.102. The molecule has 1 amide bonds. The molecule has 1 aliphatic heterocycles. The summed E-state index contributed by atoms with van der Waals surface area (Å²) in [7, 11) is 0. The SMILES string of the molecule is N[C@@H]1C[C@H]1c1ccc(NC(=O)c2cccc(N3CCOC3)c2)cc1. The molecule has 1 saturated carbocycles. The first-order valence-corrected chi connectivity index (χ1v) is 8.30. The number of anilines is 2. The van der Waals surface area contributed by atoms with Gasteiger partial charge in [0, 0.05) is 35.4 Å². The Bertz CT molecular complexity index is 739. The van der Waals surface area contributed by atoms with E-state index in [9.17, 15) is 4.79 Å². The third kappa shape index (κ3) is 3.13. The molecule has 0 radical (unpaired) electrons. The van der Waals surface area contributed by atoms with Crippen LogP contribution in [-0.4, -0.2) is 31.8 Å². The van der Waals surface area contributed by atoms with E-state index in [1.54, 1.807) is 0 Å². The highest BCUT2D eigenvalue weighted by atomic mass is 16.5. The molecule has 5 heteroatoms. The number of hydrogen-bond donors (Lipinski definition) is 2. The van der Waals surface area contributed by atoms with Gasteiger partial charge in [0.1, 0.15) is 6.73 Å². The molecule has 2 aromatic carbocycles.